The summed E-state index contributed by atoms with van der Waals surface area (Å²) in [5.41, 5.74) is 17.9. The maximum absolute atomic E-state index is 4.83. The Kier molecular flexibility index (Phi) is 6.98. The summed E-state index contributed by atoms with van der Waals surface area (Å²) < 4.78 is 2.39. The Bertz CT molecular complexity index is 3410. The summed E-state index contributed by atoms with van der Waals surface area (Å²) >= 11 is 0. The van der Waals surface area contributed by atoms with E-state index in [1.54, 1.807) is 12.4 Å². The Morgan fingerprint density at radius 3 is 1.47 bits per heavy atom. The van der Waals surface area contributed by atoms with Crippen molar-refractivity contribution in [3.05, 3.63) is 199 Å². The van der Waals surface area contributed by atoms with Crippen molar-refractivity contribution in [1.29, 1.82) is 0 Å². The second-order valence-electron chi connectivity index (χ2n) is 16.2. The van der Waals surface area contributed by atoms with E-state index in [2.05, 4.69) is 194 Å². The fourth-order valence-electron chi connectivity index (χ4n) is 9.81. The summed E-state index contributed by atoms with van der Waals surface area (Å²) in [6.07, 6.45) is 3.59. The molecule has 9 aromatic carbocycles. The lowest BCUT2D eigenvalue weighted by atomic mass is 9.80. The summed E-state index contributed by atoms with van der Waals surface area (Å²) in [5.74, 6) is 0. The van der Waals surface area contributed by atoms with Crippen LogP contribution in [0, 0.1) is 0 Å². The van der Waals surface area contributed by atoms with Crippen LogP contribution in [0.2, 0.25) is 0 Å². The predicted molar refractivity (Wildman–Crippen MR) is 243 cm³/mol. The first kappa shape index (κ1) is 32.8. The number of benzene rings is 9. The normalized spacial score (nSPS) is 13.1. The van der Waals surface area contributed by atoms with Crippen LogP contribution in [0.4, 0.5) is 0 Å². The SMILES string of the molecule is CC1(C)c2cc(-c3cccc(-c4cccc(-n5c6ccccc6c6ccccc65)c4)c3)ccc2-c2ccc(-c3ccc4c5ccccc5c5nccnc5c4c3)cc21. The molecule has 0 bridgehead atoms. The van der Waals surface area contributed by atoms with Crippen molar-refractivity contribution in [2.75, 3.05) is 0 Å². The Balaban J connectivity index is 0.905. The van der Waals surface area contributed by atoms with Crippen LogP contribution in [0.5, 0.6) is 0 Å². The van der Waals surface area contributed by atoms with Gasteiger partial charge in [0.1, 0.15) is 0 Å². The van der Waals surface area contributed by atoms with Crippen molar-refractivity contribution in [1.82, 2.24) is 14.5 Å². The van der Waals surface area contributed by atoms with E-state index in [1.165, 1.54) is 88.2 Å². The van der Waals surface area contributed by atoms with Gasteiger partial charge in [-0.2, -0.15) is 0 Å². The predicted octanol–water partition coefficient (Wildman–Crippen LogP) is 14.3. The van der Waals surface area contributed by atoms with Gasteiger partial charge in [-0.1, -0.05) is 141 Å². The molecule has 2 heterocycles. The lowest BCUT2D eigenvalue weighted by molar-refractivity contribution is 0.661. The minimum Gasteiger partial charge on any atom is -0.309 e. The third-order valence-electron chi connectivity index (χ3n) is 12.7. The maximum Gasteiger partial charge on any atom is 0.0971 e. The van der Waals surface area contributed by atoms with Crippen molar-refractivity contribution in [2.45, 2.75) is 19.3 Å². The largest absolute Gasteiger partial charge is 0.309 e. The number of fused-ring (bicyclic) bond motifs is 12. The smallest absolute Gasteiger partial charge is 0.0971 e. The average molecular weight is 740 g/mol. The molecule has 0 unspecified atom stereocenters. The Morgan fingerprint density at radius 1 is 0.362 bits per heavy atom. The summed E-state index contributed by atoms with van der Waals surface area (Å²) in [4.78, 5) is 9.60. The van der Waals surface area contributed by atoms with Crippen LogP contribution in [0.15, 0.2) is 188 Å². The van der Waals surface area contributed by atoms with Gasteiger partial charge < -0.3 is 4.57 Å². The van der Waals surface area contributed by atoms with Gasteiger partial charge in [0.15, 0.2) is 0 Å². The highest BCUT2D eigenvalue weighted by Gasteiger charge is 2.36. The van der Waals surface area contributed by atoms with Crippen LogP contribution in [-0.4, -0.2) is 14.5 Å². The van der Waals surface area contributed by atoms with E-state index in [9.17, 15) is 0 Å². The van der Waals surface area contributed by atoms with Gasteiger partial charge in [-0.3, -0.25) is 9.97 Å². The van der Waals surface area contributed by atoms with E-state index in [4.69, 9.17) is 9.97 Å². The molecule has 3 heteroatoms. The average Bonchev–Trinajstić information content (AvgIpc) is 3.74. The number of para-hydroxylation sites is 2. The number of aromatic nitrogens is 3. The summed E-state index contributed by atoms with van der Waals surface area (Å²) in [7, 11) is 0. The molecule has 0 N–H and O–H groups in total. The van der Waals surface area contributed by atoms with Crippen LogP contribution in [0.3, 0.4) is 0 Å². The number of hydrogen-bond donors (Lipinski definition) is 0. The van der Waals surface area contributed by atoms with Gasteiger partial charge in [0.05, 0.1) is 22.1 Å². The first-order valence-corrected chi connectivity index (χ1v) is 20.1. The summed E-state index contributed by atoms with van der Waals surface area (Å²) in [5, 5.41) is 7.22. The zero-order valence-corrected chi connectivity index (χ0v) is 32.2. The monoisotopic (exact) mass is 739 g/mol. The van der Waals surface area contributed by atoms with Crippen molar-refractivity contribution < 1.29 is 0 Å². The standard InChI is InChI=1S/C55H37N3/c1-55(2)49-32-38(35-12-9-11-34(29-35)36-13-10-14-40(30-36)58-51-19-7-5-16-45(51)46-17-6-8-20-52(46)58)22-25-43(49)44-26-23-39(33-50(44)55)37-21-24-42-41-15-3-4-18-47(41)53-54(48(42)31-37)57-28-27-56-53/h3-33H,1-2H3. The zero-order valence-electron chi connectivity index (χ0n) is 32.2. The molecule has 0 amide bonds. The molecule has 1 aliphatic carbocycles. The lowest BCUT2D eigenvalue weighted by Gasteiger charge is -2.23. The molecule has 2 aromatic heterocycles. The summed E-state index contributed by atoms with van der Waals surface area (Å²) in [6.45, 7) is 4.74. The first-order chi connectivity index (χ1) is 28.5. The molecule has 58 heavy (non-hydrogen) atoms. The number of nitrogens with zero attached hydrogens (tertiary/aromatic N) is 3. The molecule has 3 nitrogen and oxygen atoms in total. The van der Waals surface area contributed by atoms with Crippen molar-refractivity contribution in [2.24, 2.45) is 0 Å². The molecule has 1 aliphatic rings. The highest BCUT2D eigenvalue weighted by molar-refractivity contribution is 6.23. The van der Waals surface area contributed by atoms with Crippen molar-refractivity contribution in [3.63, 3.8) is 0 Å². The summed E-state index contributed by atoms with van der Waals surface area (Å²) in [6, 6.07) is 64.8. The highest BCUT2D eigenvalue weighted by atomic mass is 15.0. The van der Waals surface area contributed by atoms with Crippen LogP contribution >= 0.6 is 0 Å². The maximum atomic E-state index is 4.83. The third-order valence-corrected chi connectivity index (χ3v) is 12.7. The van der Waals surface area contributed by atoms with E-state index in [-0.39, 0.29) is 5.41 Å². The van der Waals surface area contributed by atoms with Gasteiger partial charge in [0.25, 0.3) is 0 Å². The molecule has 0 spiro atoms. The Hall–Kier alpha value is -7.36. The van der Waals surface area contributed by atoms with Gasteiger partial charge in [-0.05, 0) is 115 Å². The van der Waals surface area contributed by atoms with E-state index in [1.807, 2.05) is 0 Å². The van der Waals surface area contributed by atoms with Crippen LogP contribution in [-0.2, 0) is 5.41 Å². The number of rotatable bonds is 4. The molecule has 0 aliphatic heterocycles. The minimum absolute atomic E-state index is 0.170. The van der Waals surface area contributed by atoms with Gasteiger partial charge >= 0.3 is 0 Å². The molecular formula is C55H37N3. The molecule has 12 rings (SSSR count). The van der Waals surface area contributed by atoms with E-state index >= 15 is 0 Å². The van der Waals surface area contributed by atoms with Gasteiger partial charge in [-0.15, -0.1) is 0 Å². The Labute approximate surface area is 336 Å². The molecule has 0 saturated carbocycles. The fourth-order valence-corrected chi connectivity index (χ4v) is 9.81. The molecule has 0 saturated heterocycles. The molecule has 11 aromatic rings. The topological polar surface area (TPSA) is 30.7 Å². The van der Waals surface area contributed by atoms with E-state index in [0.29, 0.717) is 0 Å². The Morgan fingerprint density at radius 2 is 0.828 bits per heavy atom. The van der Waals surface area contributed by atoms with Crippen LogP contribution < -0.4 is 0 Å². The van der Waals surface area contributed by atoms with E-state index < -0.39 is 0 Å². The van der Waals surface area contributed by atoms with Crippen LogP contribution in [0.25, 0.3) is 105 Å². The molecular weight excluding hydrogens is 703 g/mol. The van der Waals surface area contributed by atoms with Crippen molar-refractivity contribution in [3.8, 4) is 50.2 Å². The fraction of sp³-hybridized carbons (Fsp3) is 0.0545. The third kappa shape index (κ3) is 4.80. The van der Waals surface area contributed by atoms with Crippen molar-refractivity contribution >= 4 is 54.4 Å². The first-order valence-electron chi connectivity index (χ1n) is 20.1. The second kappa shape index (κ2) is 12.3. The van der Waals surface area contributed by atoms with Gasteiger partial charge in [0.2, 0.25) is 0 Å². The minimum atomic E-state index is -0.170. The van der Waals surface area contributed by atoms with Crippen LogP contribution in [0.1, 0.15) is 25.0 Å². The quantitative estimate of drug-likeness (QED) is 0.168. The van der Waals surface area contributed by atoms with Gasteiger partial charge in [-0.25, -0.2) is 0 Å². The lowest BCUT2D eigenvalue weighted by Crippen LogP contribution is -2.15. The molecule has 0 radical (unpaired) electrons. The highest BCUT2D eigenvalue weighted by Crippen LogP contribution is 2.51. The molecule has 0 fully saturated rings. The number of hydrogen-bond acceptors (Lipinski definition) is 2. The van der Waals surface area contributed by atoms with Gasteiger partial charge in [0, 0.05) is 45.0 Å². The molecule has 0 atom stereocenters. The van der Waals surface area contributed by atoms with E-state index in [0.717, 1.165) is 27.5 Å². The zero-order chi connectivity index (χ0) is 38.5. The molecule has 272 valence electrons. The second-order valence-corrected chi connectivity index (χ2v) is 16.2.